The van der Waals surface area contributed by atoms with E-state index < -0.39 is 0 Å². The van der Waals surface area contributed by atoms with Gasteiger partial charge >= 0.3 is 0 Å². The molecule has 0 amide bonds. The fourth-order valence-corrected chi connectivity index (χ4v) is 4.38. The molecule has 0 radical (unpaired) electrons. The molecule has 136 valence electrons. The van der Waals surface area contributed by atoms with Gasteiger partial charge in [-0.3, -0.25) is 9.88 Å². The van der Waals surface area contributed by atoms with Gasteiger partial charge in [-0.2, -0.15) is 0 Å². The van der Waals surface area contributed by atoms with Gasteiger partial charge in [-0.1, -0.05) is 24.3 Å². The summed E-state index contributed by atoms with van der Waals surface area (Å²) in [7, 11) is 0. The van der Waals surface area contributed by atoms with Gasteiger partial charge in [0.25, 0.3) is 0 Å². The van der Waals surface area contributed by atoms with Crippen LogP contribution in [0.4, 0.5) is 0 Å². The van der Waals surface area contributed by atoms with Crippen molar-refractivity contribution in [3.8, 4) is 5.75 Å². The molecule has 0 fully saturated rings. The number of aromatic nitrogens is 1. The largest absolute Gasteiger partial charge is 0.489 e. The highest BCUT2D eigenvalue weighted by Gasteiger charge is 2.25. The molecule has 3 heterocycles. The Labute approximate surface area is 165 Å². The van der Waals surface area contributed by atoms with Crippen LogP contribution in [0.25, 0.3) is 0 Å². The molecule has 1 aromatic carbocycles. The first-order chi connectivity index (χ1) is 12.3. The molecule has 1 atom stereocenters. The number of hydrogen-bond donors (Lipinski definition) is 0. The average Bonchev–Trinajstić information content (AvgIpc) is 3.14. The van der Waals surface area contributed by atoms with Gasteiger partial charge in [-0.05, 0) is 42.5 Å². The first-order valence-corrected chi connectivity index (χ1v) is 9.59. The summed E-state index contributed by atoms with van der Waals surface area (Å²) in [4.78, 5) is 8.24. The fourth-order valence-electron chi connectivity index (χ4n) is 3.42. The number of ether oxygens (including phenoxy) is 1. The first-order valence-electron chi connectivity index (χ1n) is 8.71. The van der Waals surface area contributed by atoms with Crippen LogP contribution in [-0.4, -0.2) is 16.4 Å². The Kier molecular flexibility index (Phi) is 6.30. The van der Waals surface area contributed by atoms with Crippen LogP contribution in [0.3, 0.4) is 0 Å². The molecule has 0 aliphatic carbocycles. The Morgan fingerprint density at radius 1 is 1.19 bits per heavy atom. The van der Waals surface area contributed by atoms with Gasteiger partial charge in [-0.25, -0.2) is 0 Å². The Bertz CT molecular complexity index is 837. The van der Waals surface area contributed by atoms with Gasteiger partial charge in [0.15, 0.2) is 0 Å². The number of benzene rings is 1. The molecule has 1 aliphatic heterocycles. The minimum atomic E-state index is 0. The van der Waals surface area contributed by atoms with Gasteiger partial charge in [0.1, 0.15) is 12.4 Å². The number of pyridine rings is 1. The van der Waals surface area contributed by atoms with Crippen molar-refractivity contribution in [2.75, 3.05) is 6.54 Å². The van der Waals surface area contributed by atoms with Gasteiger partial charge in [0.05, 0.1) is 0 Å². The first kappa shape index (κ1) is 18.9. The summed E-state index contributed by atoms with van der Waals surface area (Å²) in [6.07, 6.45) is 4.79. The highest BCUT2D eigenvalue weighted by molar-refractivity contribution is 7.10. The number of para-hydroxylation sites is 1. The van der Waals surface area contributed by atoms with Crippen LogP contribution in [0.5, 0.6) is 5.75 Å². The lowest BCUT2D eigenvalue weighted by Gasteiger charge is -2.34. The Morgan fingerprint density at radius 3 is 2.92 bits per heavy atom. The lowest BCUT2D eigenvalue weighted by Crippen LogP contribution is -2.32. The van der Waals surface area contributed by atoms with E-state index in [9.17, 15) is 0 Å². The summed E-state index contributed by atoms with van der Waals surface area (Å²) in [6, 6.07) is 15.1. The van der Waals surface area contributed by atoms with E-state index in [1.807, 2.05) is 35.7 Å². The van der Waals surface area contributed by atoms with Gasteiger partial charge < -0.3 is 4.74 Å². The predicted octanol–water partition coefficient (Wildman–Crippen LogP) is 5.26. The van der Waals surface area contributed by atoms with Crippen LogP contribution >= 0.6 is 23.7 Å². The summed E-state index contributed by atoms with van der Waals surface area (Å²) in [5.74, 6) is 0.967. The molecule has 3 nitrogen and oxygen atoms in total. The van der Waals surface area contributed by atoms with Crippen molar-refractivity contribution < 1.29 is 4.74 Å². The summed E-state index contributed by atoms with van der Waals surface area (Å²) in [6.45, 7) is 4.88. The van der Waals surface area contributed by atoms with Crippen molar-refractivity contribution in [3.63, 3.8) is 0 Å². The number of hydrogen-bond acceptors (Lipinski definition) is 4. The smallest absolute Gasteiger partial charge is 0.124 e. The van der Waals surface area contributed by atoms with Crippen LogP contribution in [0.1, 0.15) is 34.5 Å². The maximum Gasteiger partial charge on any atom is 0.124 e. The van der Waals surface area contributed by atoms with Crippen LogP contribution in [0.15, 0.2) is 60.2 Å². The highest BCUT2D eigenvalue weighted by atomic mass is 35.5. The van der Waals surface area contributed by atoms with Crippen LogP contribution in [0.2, 0.25) is 0 Å². The van der Waals surface area contributed by atoms with Crippen LogP contribution in [0, 0.1) is 0 Å². The van der Waals surface area contributed by atoms with Crippen molar-refractivity contribution in [1.82, 2.24) is 9.88 Å². The second-order valence-corrected chi connectivity index (χ2v) is 7.45. The topological polar surface area (TPSA) is 25.4 Å². The summed E-state index contributed by atoms with van der Waals surface area (Å²) in [5, 5.41) is 2.22. The third kappa shape index (κ3) is 4.09. The maximum absolute atomic E-state index is 6.09. The second-order valence-electron chi connectivity index (χ2n) is 6.45. The average molecular weight is 387 g/mol. The molecule has 4 rings (SSSR count). The van der Waals surface area contributed by atoms with Crippen LogP contribution in [-0.2, 0) is 19.6 Å². The summed E-state index contributed by atoms with van der Waals surface area (Å²) >= 11 is 1.89. The molecule has 0 saturated carbocycles. The van der Waals surface area contributed by atoms with Gasteiger partial charge in [-0.15, -0.1) is 23.7 Å². The molecule has 0 bridgehead atoms. The SMILES string of the molecule is CC1c2ccsc2CCN1Cc1ccccc1OCc1cccnc1.Cl. The van der Waals surface area contributed by atoms with E-state index in [1.165, 1.54) is 11.1 Å². The summed E-state index contributed by atoms with van der Waals surface area (Å²) in [5.41, 5.74) is 3.83. The van der Waals surface area contributed by atoms with Gasteiger partial charge in [0.2, 0.25) is 0 Å². The molecular weight excluding hydrogens is 364 g/mol. The second kappa shape index (κ2) is 8.67. The van der Waals surface area contributed by atoms with Gasteiger partial charge in [0, 0.05) is 47.5 Å². The number of rotatable bonds is 5. The Balaban J connectivity index is 0.00000196. The van der Waals surface area contributed by atoms with E-state index in [-0.39, 0.29) is 12.4 Å². The zero-order valence-electron chi connectivity index (χ0n) is 14.8. The Morgan fingerprint density at radius 2 is 2.08 bits per heavy atom. The number of thiophene rings is 1. The lowest BCUT2D eigenvalue weighted by atomic mass is 10.0. The third-order valence-electron chi connectivity index (χ3n) is 4.87. The number of nitrogens with zero attached hydrogens (tertiary/aromatic N) is 2. The van der Waals surface area contributed by atoms with Crippen molar-refractivity contribution in [2.45, 2.75) is 32.5 Å². The fraction of sp³-hybridized carbons (Fsp3) is 0.286. The van der Waals surface area contributed by atoms with E-state index in [0.717, 1.165) is 30.8 Å². The van der Waals surface area contributed by atoms with Crippen molar-refractivity contribution in [3.05, 3.63) is 81.8 Å². The molecule has 3 aromatic rings. The number of halogens is 1. The lowest BCUT2D eigenvalue weighted by molar-refractivity contribution is 0.187. The quantitative estimate of drug-likeness (QED) is 0.597. The van der Waals surface area contributed by atoms with E-state index in [0.29, 0.717) is 12.6 Å². The molecule has 1 unspecified atom stereocenters. The van der Waals surface area contributed by atoms with Crippen molar-refractivity contribution in [1.29, 1.82) is 0 Å². The van der Waals surface area contributed by atoms with E-state index in [1.54, 1.807) is 11.1 Å². The van der Waals surface area contributed by atoms with E-state index in [4.69, 9.17) is 4.74 Å². The molecular formula is C21H23ClN2OS. The third-order valence-corrected chi connectivity index (χ3v) is 5.86. The van der Waals surface area contributed by atoms with Crippen molar-refractivity contribution in [2.24, 2.45) is 0 Å². The van der Waals surface area contributed by atoms with Crippen molar-refractivity contribution >= 4 is 23.7 Å². The molecule has 0 N–H and O–H groups in total. The number of fused-ring (bicyclic) bond motifs is 1. The zero-order chi connectivity index (χ0) is 17.1. The Hall–Kier alpha value is -1.88. The molecule has 0 saturated heterocycles. The van der Waals surface area contributed by atoms with E-state index in [2.05, 4.69) is 46.5 Å². The predicted molar refractivity (Wildman–Crippen MR) is 109 cm³/mol. The normalized spacial score (nSPS) is 16.6. The highest BCUT2D eigenvalue weighted by Crippen LogP contribution is 2.34. The minimum Gasteiger partial charge on any atom is -0.489 e. The molecule has 2 aromatic heterocycles. The molecule has 26 heavy (non-hydrogen) atoms. The van der Waals surface area contributed by atoms with E-state index >= 15 is 0 Å². The standard InChI is InChI=1S/C21H22N2OS.ClH/c1-16-19-9-12-25-21(19)8-11-23(16)14-18-6-2-3-7-20(18)24-15-17-5-4-10-22-13-17;/h2-7,9-10,12-13,16H,8,11,14-15H2,1H3;1H. The molecule has 0 spiro atoms. The maximum atomic E-state index is 6.09. The molecule has 1 aliphatic rings. The molecule has 5 heteroatoms. The van der Waals surface area contributed by atoms with Crippen LogP contribution < -0.4 is 4.74 Å². The monoisotopic (exact) mass is 386 g/mol. The minimum absolute atomic E-state index is 0. The zero-order valence-corrected chi connectivity index (χ0v) is 16.4. The summed E-state index contributed by atoms with van der Waals surface area (Å²) < 4.78 is 6.09.